The van der Waals surface area contributed by atoms with Gasteiger partial charge in [-0.25, -0.2) is 4.79 Å². The molecular weight excluding hydrogens is 436 g/mol. The van der Waals surface area contributed by atoms with Crippen LogP contribution in [0, 0.1) is 18.3 Å². The molecule has 6 nitrogen and oxygen atoms in total. The fourth-order valence-corrected chi connectivity index (χ4v) is 3.14. The van der Waals surface area contributed by atoms with Crippen LogP contribution in [-0.2, 0) is 9.59 Å². The van der Waals surface area contributed by atoms with Crippen LogP contribution in [0.25, 0.3) is 6.08 Å². The Kier molecular flexibility index (Phi) is 6.99. The van der Waals surface area contributed by atoms with Gasteiger partial charge in [-0.15, -0.1) is 0 Å². The highest BCUT2D eigenvalue weighted by atomic mass is 79.9. The van der Waals surface area contributed by atoms with Crippen LogP contribution >= 0.6 is 27.5 Å². The first-order valence-corrected chi connectivity index (χ1v) is 8.81. The molecule has 0 aliphatic rings. The summed E-state index contributed by atoms with van der Waals surface area (Å²) in [5.74, 6) is -1.52. The van der Waals surface area contributed by atoms with Crippen LogP contribution in [0.15, 0.2) is 46.4 Å². The van der Waals surface area contributed by atoms with Crippen molar-refractivity contribution < 1.29 is 19.4 Å². The first-order valence-electron chi connectivity index (χ1n) is 7.64. The molecule has 0 radical (unpaired) electrons. The van der Waals surface area contributed by atoms with E-state index in [1.165, 1.54) is 12.1 Å². The van der Waals surface area contributed by atoms with Gasteiger partial charge in [-0.3, -0.25) is 4.79 Å². The normalized spacial score (nSPS) is 10.8. The topological polar surface area (TPSA) is 99.4 Å². The number of para-hydroxylation sites is 1. The van der Waals surface area contributed by atoms with Crippen LogP contribution in [-0.4, -0.2) is 23.6 Å². The van der Waals surface area contributed by atoms with Crippen molar-refractivity contribution in [3.63, 3.8) is 0 Å². The predicted molar refractivity (Wildman–Crippen MR) is 106 cm³/mol. The molecule has 0 aromatic heterocycles. The summed E-state index contributed by atoms with van der Waals surface area (Å²) in [7, 11) is 0. The van der Waals surface area contributed by atoms with E-state index in [-0.39, 0.29) is 16.3 Å². The van der Waals surface area contributed by atoms with Crippen molar-refractivity contribution >= 4 is 51.2 Å². The van der Waals surface area contributed by atoms with Gasteiger partial charge in [-0.2, -0.15) is 5.26 Å². The number of aryl methyl sites for hydroxylation is 1. The largest absolute Gasteiger partial charge is 0.479 e. The van der Waals surface area contributed by atoms with Gasteiger partial charge in [0.25, 0.3) is 5.91 Å². The van der Waals surface area contributed by atoms with E-state index in [4.69, 9.17) is 21.4 Å². The molecule has 0 atom stereocenters. The van der Waals surface area contributed by atoms with E-state index in [9.17, 15) is 14.9 Å². The fourth-order valence-electron chi connectivity index (χ4n) is 2.15. The Labute approximate surface area is 169 Å². The van der Waals surface area contributed by atoms with Gasteiger partial charge >= 0.3 is 5.97 Å². The molecule has 0 heterocycles. The van der Waals surface area contributed by atoms with Crippen LogP contribution in [0.1, 0.15) is 11.1 Å². The average Bonchev–Trinajstić information content (AvgIpc) is 2.60. The van der Waals surface area contributed by atoms with E-state index in [1.54, 1.807) is 18.2 Å². The molecule has 2 aromatic rings. The molecule has 1 amide bonds. The maximum atomic E-state index is 12.4. The summed E-state index contributed by atoms with van der Waals surface area (Å²) in [5.41, 5.74) is 1.85. The number of nitrogens with zero attached hydrogens (tertiary/aromatic N) is 1. The third kappa shape index (κ3) is 5.58. The van der Waals surface area contributed by atoms with Crippen molar-refractivity contribution in [2.75, 3.05) is 11.9 Å². The molecule has 138 valence electrons. The minimum Gasteiger partial charge on any atom is -0.479 e. The van der Waals surface area contributed by atoms with E-state index < -0.39 is 18.5 Å². The number of amides is 1. The number of carbonyl (C=O) groups excluding carboxylic acids is 1. The maximum absolute atomic E-state index is 12.4. The molecule has 0 saturated heterocycles. The molecule has 27 heavy (non-hydrogen) atoms. The molecule has 0 unspecified atom stereocenters. The van der Waals surface area contributed by atoms with Gasteiger partial charge in [0, 0.05) is 5.69 Å². The number of carbonyl (C=O) groups is 2. The summed E-state index contributed by atoms with van der Waals surface area (Å²) in [6.07, 6.45) is 1.38. The smallest absolute Gasteiger partial charge is 0.341 e. The van der Waals surface area contributed by atoms with Gasteiger partial charge in [-0.05, 0) is 58.3 Å². The summed E-state index contributed by atoms with van der Waals surface area (Å²) in [4.78, 5) is 23.0. The predicted octanol–water partition coefficient (Wildman–Crippen LogP) is 4.42. The molecule has 0 fully saturated rings. The molecule has 0 saturated carbocycles. The van der Waals surface area contributed by atoms with Gasteiger partial charge in [0.05, 0.1) is 9.50 Å². The summed E-state index contributed by atoms with van der Waals surface area (Å²) in [6, 6.07) is 12.1. The van der Waals surface area contributed by atoms with Gasteiger partial charge < -0.3 is 15.2 Å². The number of carboxylic acid groups (broad SMARTS) is 1. The van der Waals surface area contributed by atoms with E-state index in [1.807, 2.05) is 25.1 Å². The second-order valence-electron chi connectivity index (χ2n) is 5.43. The zero-order chi connectivity index (χ0) is 20.0. The second kappa shape index (κ2) is 9.21. The number of nitriles is 1. The monoisotopic (exact) mass is 448 g/mol. The average molecular weight is 450 g/mol. The number of nitrogens with one attached hydrogen (secondary N) is 1. The number of halogens is 2. The molecule has 0 aliphatic carbocycles. The Bertz CT molecular complexity index is 943. The lowest BCUT2D eigenvalue weighted by molar-refractivity contribution is -0.139. The number of aliphatic carboxylic acids is 1. The standard InChI is InChI=1S/C19H14BrClN2O4/c1-11-4-2-3-5-16(11)23-19(26)13(9-22)6-12-7-14(20)18(15(21)8-12)27-10-17(24)25/h2-8H,10H2,1H3,(H,23,26)(H,24,25)/b13-6-. The Morgan fingerprint density at radius 2 is 2.07 bits per heavy atom. The molecule has 0 spiro atoms. The van der Waals surface area contributed by atoms with Crippen molar-refractivity contribution in [3.05, 3.63) is 62.6 Å². The number of hydrogen-bond donors (Lipinski definition) is 2. The minimum absolute atomic E-state index is 0.111. The van der Waals surface area contributed by atoms with Crippen LogP contribution in [0.2, 0.25) is 5.02 Å². The lowest BCUT2D eigenvalue weighted by atomic mass is 10.1. The summed E-state index contributed by atoms with van der Waals surface area (Å²) >= 11 is 9.36. The van der Waals surface area contributed by atoms with Crippen molar-refractivity contribution in [1.82, 2.24) is 0 Å². The third-order valence-corrected chi connectivity index (χ3v) is 4.30. The molecule has 8 heteroatoms. The van der Waals surface area contributed by atoms with Gasteiger partial charge in [0.1, 0.15) is 11.6 Å². The van der Waals surface area contributed by atoms with Crippen molar-refractivity contribution in [2.45, 2.75) is 6.92 Å². The number of ether oxygens (including phenoxy) is 1. The van der Waals surface area contributed by atoms with Crippen LogP contribution < -0.4 is 10.1 Å². The van der Waals surface area contributed by atoms with E-state index in [2.05, 4.69) is 21.2 Å². The van der Waals surface area contributed by atoms with Crippen molar-refractivity contribution in [1.29, 1.82) is 5.26 Å². The van der Waals surface area contributed by atoms with Gasteiger partial charge in [0.2, 0.25) is 0 Å². The summed E-state index contributed by atoms with van der Waals surface area (Å²) in [6.45, 7) is 1.30. The Hall–Kier alpha value is -2.82. The first-order chi connectivity index (χ1) is 12.8. The lowest BCUT2D eigenvalue weighted by Crippen LogP contribution is -2.14. The third-order valence-electron chi connectivity index (χ3n) is 3.43. The van der Waals surface area contributed by atoms with Crippen LogP contribution in [0.4, 0.5) is 5.69 Å². The highest BCUT2D eigenvalue weighted by Gasteiger charge is 2.14. The van der Waals surface area contributed by atoms with Gasteiger partial charge in [0.15, 0.2) is 12.4 Å². The quantitative estimate of drug-likeness (QED) is 0.502. The molecule has 0 bridgehead atoms. The molecule has 2 aromatic carbocycles. The molecule has 2 N–H and O–H groups in total. The highest BCUT2D eigenvalue weighted by Crippen LogP contribution is 2.35. The Morgan fingerprint density at radius 3 is 2.67 bits per heavy atom. The molecule has 0 aliphatic heterocycles. The number of hydrogen-bond acceptors (Lipinski definition) is 4. The van der Waals surface area contributed by atoms with Crippen LogP contribution in [0.3, 0.4) is 0 Å². The lowest BCUT2D eigenvalue weighted by Gasteiger charge is -2.10. The fraction of sp³-hybridized carbons (Fsp3) is 0.105. The Balaban J connectivity index is 2.27. The minimum atomic E-state index is -1.14. The number of anilines is 1. The summed E-state index contributed by atoms with van der Waals surface area (Å²) < 4.78 is 5.51. The number of rotatable bonds is 6. The molecule has 2 rings (SSSR count). The number of carboxylic acids is 1. The van der Waals surface area contributed by atoms with E-state index in [0.717, 1.165) is 5.56 Å². The van der Waals surface area contributed by atoms with Crippen molar-refractivity contribution in [3.8, 4) is 11.8 Å². The first kappa shape index (κ1) is 20.5. The maximum Gasteiger partial charge on any atom is 0.341 e. The van der Waals surface area contributed by atoms with E-state index >= 15 is 0 Å². The zero-order valence-corrected chi connectivity index (χ0v) is 16.5. The van der Waals surface area contributed by atoms with Crippen LogP contribution in [0.5, 0.6) is 5.75 Å². The van der Waals surface area contributed by atoms with Crippen molar-refractivity contribution in [2.24, 2.45) is 0 Å². The SMILES string of the molecule is Cc1ccccc1NC(=O)/C(C#N)=C\c1cc(Cl)c(OCC(=O)O)c(Br)c1. The summed E-state index contributed by atoms with van der Waals surface area (Å²) in [5, 5.41) is 20.9. The Morgan fingerprint density at radius 1 is 1.37 bits per heavy atom. The van der Waals surface area contributed by atoms with E-state index in [0.29, 0.717) is 15.7 Å². The second-order valence-corrected chi connectivity index (χ2v) is 6.70. The number of benzene rings is 2. The van der Waals surface area contributed by atoms with Gasteiger partial charge in [-0.1, -0.05) is 29.8 Å². The zero-order valence-electron chi connectivity index (χ0n) is 14.1. The molecular formula is C19H14BrClN2O4. The highest BCUT2D eigenvalue weighted by molar-refractivity contribution is 9.10.